The van der Waals surface area contributed by atoms with Gasteiger partial charge in [-0.05, 0) is 67.6 Å². The van der Waals surface area contributed by atoms with Crippen LogP contribution in [0.5, 0.6) is 11.5 Å². The molecular formula is C29H30N2O6. The van der Waals surface area contributed by atoms with Gasteiger partial charge in [0.2, 0.25) is 0 Å². The largest absolute Gasteiger partial charge is 0.485 e. The molecular weight excluding hydrogens is 472 g/mol. The smallest absolute Gasteiger partial charge is 0.289 e. The minimum atomic E-state index is -0.259. The third-order valence-electron chi connectivity index (χ3n) is 6.77. The zero-order valence-corrected chi connectivity index (χ0v) is 20.9. The van der Waals surface area contributed by atoms with Crippen LogP contribution in [-0.4, -0.2) is 48.8 Å². The molecule has 2 amide bonds. The van der Waals surface area contributed by atoms with Gasteiger partial charge in [-0.3, -0.25) is 19.3 Å². The van der Waals surface area contributed by atoms with E-state index < -0.39 is 0 Å². The molecule has 2 aliphatic heterocycles. The van der Waals surface area contributed by atoms with Crippen molar-refractivity contribution >= 4 is 23.3 Å². The minimum Gasteiger partial charge on any atom is -0.485 e. The van der Waals surface area contributed by atoms with Gasteiger partial charge in [0, 0.05) is 18.7 Å². The zero-order chi connectivity index (χ0) is 25.8. The second-order valence-corrected chi connectivity index (χ2v) is 9.24. The van der Waals surface area contributed by atoms with Crippen molar-refractivity contribution in [3.05, 3.63) is 77.2 Å². The van der Waals surface area contributed by atoms with Gasteiger partial charge >= 0.3 is 0 Å². The molecule has 0 bridgehead atoms. The molecule has 0 N–H and O–H groups in total. The summed E-state index contributed by atoms with van der Waals surface area (Å²) >= 11 is 0. The summed E-state index contributed by atoms with van der Waals surface area (Å²) in [7, 11) is 0. The quantitative estimate of drug-likeness (QED) is 0.417. The maximum atomic E-state index is 12.9. The van der Waals surface area contributed by atoms with Gasteiger partial charge in [-0.15, -0.1) is 0 Å². The maximum absolute atomic E-state index is 12.9. The van der Waals surface area contributed by atoms with Crippen molar-refractivity contribution in [1.29, 1.82) is 0 Å². The number of ketones is 1. The van der Waals surface area contributed by atoms with E-state index in [0.717, 1.165) is 44.3 Å². The maximum Gasteiger partial charge on any atom is 0.289 e. The first-order valence-corrected chi connectivity index (χ1v) is 12.7. The molecule has 8 nitrogen and oxygen atoms in total. The highest BCUT2D eigenvalue weighted by atomic mass is 16.5. The molecule has 8 heteroatoms. The number of carbonyl (C=O) groups is 3. The van der Waals surface area contributed by atoms with Crippen LogP contribution < -0.4 is 14.4 Å². The van der Waals surface area contributed by atoms with E-state index >= 15 is 0 Å². The summed E-state index contributed by atoms with van der Waals surface area (Å²) in [4.78, 5) is 41.8. The van der Waals surface area contributed by atoms with Gasteiger partial charge in [0.15, 0.2) is 24.8 Å². The first-order valence-electron chi connectivity index (χ1n) is 12.7. The summed E-state index contributed by atoms with van der Waals surface area (Å²) in [5, 5.41) is 0. The Morgan fingerprint density at radius 2 is 1.81 bits per heavy atom. The second kappa shape index (κ2) is 10.9. The average molecular weight is 503 g/mol. The first kappa shape index (κ1) is 24.6. The predicted octanol–water partition coefficient (Wildman–Crippen LogP) is 4.66. The van der Waals surface area contributed by atoms with Crippen molar-refractivity contribution in [3.8, 4) is 11.5 Å². The number of hydrogen-bond donors (Lipinski definition) is 0. The van der Waals surface area contributed by atoms with Gasteiger partial charge in [-0.25, -0.2) is 0 Å². The summed E-state index contributed by atoms with van der Waals surface area (Å²) in [6.45, 7) is 3.39. The number of hydrogen-bond acceptors (Lipinski definition) is 6. The number of rotatable bonds is 8. The highest BCUT2D eigenvalue weighted by Gasteiger charge is 2.28. The second-order valence-electron chi connectivity index (χ2n) is 9.24. The number of aryl methyl sites for hydroxylation is 1. The summed E-state index contributed by atoms with van der Waals surface area (Å²) in [6.07, 6.45) is 3.93. The van der Waals surface area contributed by atoms with E-state index in [1.807, 2.05) is 31.2 Å². The van der Waals surface area contributed by atoms with Crippen LogP contribution in [0, 0.1) is 0 Å². The van der Waals surface area contributed by atoms with Gasteiger partial charge in [0.25, 0.3) is 11.8 Å². The lowest BCUT2D eigenvalue weighted by Gasteiger charge is -2.29. The van der Waals surface area contributed by atoms with Crippen LogP contribution in [-0.2, 0) is 17.8 Å². The van der Waals surface area contributed by atoms with Crippen LogP contribution >= 0.6 is 0 Å². The SMILES string of the molecule is CCc1ccccc1OCC(=O)c1ccc2c(c1)N(Cc1ccc(C(=O)N3CCCCC3)o1)C(=O)CO2. The van der Waals surface area contributed by atoms with Gasteiger partial charge in [-0.2, -0.15) is 0 Å². The molecule has 3 heterocycles. The number of fused-ring (bicyclic) bond motifs is 1. The number of Topliss-reactive ketones (excluding diaryl/α,β-unsaturated/α-hetero) is 1. The molecule has 0 atom stereocenters. The van der Waals surface area contributed by atoms with Crippen molar-refractivity contribution in [2.24, 2.45) is 0 Å². The van der Waals surface area contributed by atoms with E-state index in [1.54, 1.807) is 35.2 Å². The number of piperidine rings is 1. The summed E-state index contributed by atoms with van der Waals surface area (Å²) in [5.41, 5.74) is 1.93. The third-order valence-corrected chi connectivity index (χ3v) is 6.77. The van der Waals surface area contributed by atoms with E-state index in [0.29, 0.717) is 28.5 Å². The topological polar surface area (TPSA) is 89.3 Å². The average Bonchev–Trinajstić information content (AvgIpc) is 3.42. The molecule has 5 rings (SSSR count). The molecule has 1 fully saturated rings. The fourth-order valence-corrected chi connectivity index (χ4v) is 4.70. The molecule has 0 radical (unpaired) electrons. The van der Waals surface area contributed by atoms with E-state index in [4.69, 9.17) is 13.9 Å². The highest BCUT2D eigenvalue weighted by molar-refractivity contribution is 6.02. The Labute approximate surface area is 215 Å². The molecule has 0 saturated carbocycles. The molecule has 0 spiro atoms. The van der Waals surface area contributed by atoms with Gasteiger partial charge in [0.05, 0.1) is 12.2 Å². The Hall–Kier alpha value is -4.07. The zero-order valence-electron chi connectivity index (χ0n) is 20.9. The summed E-state index contributed by atoms with van der Waals surface area (Å²) in [6, 6.07) is 16.0. The highest BCUT2D eigenvalue weighted by Crippen LogP contribution is 2.34. The van der Waals surface area contributed by atoms with Crippen LogP contribution in [0.4, 0.5) is 5.69 Å². The fourth-order valence-electron chi connectivity index (χ4n) is 4.70. The number of ether oxygens (including phenoxy) is 2. The van der Waals surface area contributed by atoms with Crippen molar-refractivity contribution in [2.45, 2.75) is 39.2 Å². The number of anilines is 1. The number of furan rings is 1. The molecule has 192 valence electrons. The third kappa shape index (κ3) is 5.38. The lowest BCUT2D eigenvalue weighted by molar-refractivity contribution is -0.121. The first-order chi connectivity index (χ1) is 18.0. The number of para-hydroxylation sites is 1. The molecule has 0 aliphatic carbocycles. The Morgan fingerprint density at radius 3 is 2.62 bits per heavy atom. The van der Waals surface area contributed by atoms with Gasteiger partial charge in [0.1, 0.15) is 17.3 Å². The van der Waals surface area contributed by atoms with E-state index in [2.05, 4.69) is 0 Å². The van der Waals surface area contributed by atoms with Crippen molar-refractivity contribution in [3.63, 3.8) is 0 Å². The molecule has 3 aromatic rings. The predicted molar refractivity (Wildman–Crippen MR) is 137 cm³/mol. The van der Waals surface area contributed by atoms with Gasteiger partial charge in [-0.1, -0.05) is 25.1 Å². The lowest BCUT2D eigenvalue weighted by atomic mass is 10.1. The van der Waals surface area contributed by atoms with E-state index in [9.17, 15) is 14.4 Å². The van der Waals surface area contributed by atoms with Crippen molar-refractivity contribution in [2.75, 3.05) is 31.2 Å². The normalized spacial score (nSPS) is 15.2. The Morgan fingerprint density at radius 1 is 1.00 bits per heavy atom. The standard InChI is InChI=1S/C29H30N2O6/c1-2-20-8-4-5-9-25(20)35-18-24(32)21-10-12-26-23(16-21)31(28(33)19-36-26)17-22-11-13-27(37-22)29(34)30-14-6-3-7-15-30/h4-5,8-13,16H,2-3,6-7,14-15,17-19H2,1H3. The monoisotopic (exact) mass is 502 g/mol. The number of likely N-dealkylation sites (tertiary alicyclic amines) is 1. The molecule has 37 heavy (non-hydrogen) atoms. The number of amides is 2. The van der Waals surface area contributed by atoms with E-state index in [1.165, 1.54) is 4.90 Å². The molecule has 2 aromatic carbocycles. The Bertz CT molecular complexity index is 1310. The lowest BCUT2D eigenvalue weighted by Crippen LogP contribution is -2.38. The summed E-state index contributed by atoms with van der Waals surface area (Å²) in [5.74, 6) is 1.35. The molecule has 1 saturated heterocycles. The number of carbonyl (C=O) groups excluding carboxylic acids is 3. The summed E-state index contributed by atoms with van der Waals surface area (Å²) < 4.78 is 17.2. The van der Waals surface area contributed by atoms with Crippen LogP contribution in [0.1, 0.15) is 58.4 Å². The van der Waals surface area contributed by atoms with Crippen molar-refractivity contribution in [1.82, 2.24) is 4.90 Å². The van der Waals surface area contributed by atoms with Crippen LogP contribution in [0.25, 0.3) is 0 Å². The molecule has 0 unspecified atom stereocenters. The van der Waals surface area contributed by atoms with Crippen LogP contribution in [0.15, 0.2) is 59.0 Å². The van der Waals surface area contributed by atoms with Gasteiger partial charge < -0.3 is 18.8 Å². The Kier molecular flexibility index (Phi) is 7.25. The Balaban J connectivity index is 1.31. The number of nitrogens with zero attached hydrogens (tertiary/aromatic N) is 2. The van der Waals surface area contributed by atoms with E-state index in [-0.39, 0.29) is 43.1 Å². The molecule has 2 aliphatic rings. The molecule has 1 aromatic heterocycles. The van der Waals surface area contributed by atoms with Crippen molar-refractivity contribution < 1.29 is 28.3 Å². The fraction of sp³-hybridized carbons (Fsp3) is 0.345. The van der Waals surface area contributed by atoms with Crippen LogP contribution in [0.2, 0.25) is 0 Å². The number of benzene rings is 2. The minimum absolute atomic E-state index is 0.114. The van der Waals surface area contributed by atoms with Crippen LogP contribution in [0.3, 0.4) is 0 Å².